The molecule has 0 aliphatic carbocycles. The van der Waals surface area contributed by atoms with Gasteiger partial charge in [-0.25, -0.2) is 19.6 Å². The van der Waals surface area contributed by atoms with Crippen LogP contribution >= 0.6 is 0 Å². The van der Waals surface area contributed by atoms with Crippen molar-refractivity contribution in [2.45, 2.75) is 33.0 Å². The highest BCUT2D eigenvalue weighted by atomic mass is 16.2. The lowest BCUT2D eigenvalue weighted by atomic mass is 10.1. The van der Waals surface area contributed by atoms with Gasteiger partial charge in [0.25, 0.3) is 5.91 Å². The van der Waals surface area contributed by atoms with Crippen LogP contribution in [0.2, 0.25) is 0 Å². The molecule has 0 saturated carbocycles. The Labute approximate surface area is 145 Å². The van der Waals surface area contributed by atoms with Gasteiger partial charge in [0.05, 0.1) is 24.5 Å². The molecule has 0 spiro atoms. The quantitative estimate of drug-likeness (QED) is 0.722. The molecule has 0 N–H and O–H groups in total. The van der Waals surface area contributed by atoms with Crippen LogP contribution in [0, 0.1) is 6.92 Å². The van der Waals surface area contributed by atoms with E-state index in [0.29, 0.717) is 25.3 Å². The Morgan fingerprint density at radius 3 is 2.96 bits per heavy atom. The third-order valence-corrected chi connectivity index (χ3v) is 4.53. The zero-order chi connectivity index (χ0) is 17.4. The summed E-state index contributed by atoms with van der Waals surface area (Å²) in [7, 11) is 0. The zero-order valence-corrected chi connectivity index (χ0v) is 14.2. The number of amides is 1. The third kappa shape index (κ3) is 2.79. The number of aryl methyl sites for hydroxylation is 1. The Hall–Kier alpha value is -3.03. The molecule has 25 heavy (non-hydrogen) atoms. The van der Waals surface area contributed by atoms with Gasteiger partial charge in [-0.3, -0.25) is 4.79 Å². The largest absolute Gasteiger partial charge is 0.327 e. The molecule has 0 saturated heterocycles. The van der Waals surface area contributed by atoms with Gasteiger partial charge in [0, 0.05) is 18.8 Å². The van der Waals surface area contributed by atoms with Gasteiger partial charge in [0.1, 0.15) is 24.2 Å². The van der Waals surface area contributed by atoms with E-state index in [1.165, 1.54) is 6.33 Å². The Morgan fingerprint density at radius 1 is 1.32 bits per heavy atom. The minimum Gasteiger partial charge on any atom is -0.327 e. The van der Waals surface area contributed by atoms with E-state index in [1.54, 1.807) is 17.1 Å². The van der Waals surface area contributed by atoms with Crippen molar-refractivity contribution >= 4 is 5.91 Å². The zero-order valence-electron chi connectivity index (χ0n) is 14.2. The van der Waals surface area contributed by atoms with Crippen LogP contribution < -0.4 is 0 Å². The van der Waals surface area contributed by atoms with Gasteiger partial charge < -0.3 is 9.47 Å². The molecule has 1 atom stereocenters. The first-order valence-electron chi connectivity index (χ1n) is 8.25. The van der Waals surface area contributed by atoms with Crippen molar-refractivity contribution < 1.29 is 4.79 Å². The Bertz CT molecular complexity index is 900. The molecule has 1 amide bonds. The summed E-state index contributed by atoms with van der Waals surface area (Å²) < 4.78 is 3.93. The number of imidazole rings is 1. The van der Waals surface area contributed by atoms with Crippen molar-refractivity contribution in [3.8, 4) is 0 Å². The minimum absolute atomic E-state index is 0.0525. The number of carbonyl (C=O) groups excluding carboxylic acids is 1. The Kier molecular flexibility index (Phi) is 3.79. The van der Waals surface area contributed by atoms with Gasteiger partial charge in [-0.05, 0) is 26.0 Å². The number of fused-ring (bicyclic) bond motifs is 1. The van der Waals surface area contributed by atoms with Crippen molar-refractivity contribution in [1.82, 2.24) is 34.2 Å². The van der Waals surface area contributed by atoms with Crippen molar-refractivity contribution in [3.05, 3.63) is 60.0 Å². The molecule has 3 aromatic heterocycles. The number of aromatic nitrogens is 6. The van der Waals surface area contributed by atoms with Crippen molar-refractivity contribution in [3.63, 3.8) is 0 Å². The first-order valence-corrected chi connectivity index (χ1v) is 8.25. The number of hydrogen-bond acceptors (Lipinski definition) is 5. The fourth-order valence-corrected chi connectivity index (χ4v) is 3.25. The number of pyridine rings is 1. The van der Waals surface area contributed by atoms with E-state index < -0.39 is 0 Å². The van der Waals surface area contributed by atoms with E-state index in [9.17, 15) is 4.79 Å². The molecule has 4 rings (SSSR count). The van der Waals surface area contributed by atoms with Crippen molar-refractivity contribution in [2.75, 3.05) is 6.54 Å². The topological polar surface area (TPSA) is 81.7 Å². The summed E-state index contributed by atoms with van der Waals surface area (Å²) >= 11 is 0. The summed E-state index contributed by atoms with van der Waals surface area (Å²) in [5.74, 6) is 0.839. The monoisotopic (exact) mass is 337 g/mol. The van der Waals surface area contributed by atoms with E-state index in [4.69, 9.17) is 0 Å². The van der Waals surface area contributed by atoms with Gasteiger partial charge in [0.15, 0.2) is 0 Å². The maximum absolute atomic E-state index is 12.8. The molecule has 0 aromatic carbocycles. The van der Waals surface area contributed by atoms with Crippen molar-refractivity contribution in [1.29, 1.82) is 0 Å². The molecular weight excluding hydrogens is 318 g/mol. The fourth-order valence-electron chi connectivity index (χ4n) is 3.25. The van der Waals surface area contributed by atoms with Crippen LogP contribution in [0.4, 0.5) is 0 Å². The highest BCUT2D eigenvalue weighted by molar-refractivity contribution is 5.92. The number of nitrogens with zero attached hydrogens (tertiary/aromatic N) is 7. The fraction of sp³-hybridized carbons (Fsp3) is 0.353. The van der Waals surface area contributed by atoms with Crippen LogP contribution in [0.15, 0.2) is 37.1 Å². The summed E-state index contributed by atoms with van der Waals surface area (Å²) in [6.45, 7) is 5.85. The lowest BCUT2D eigenvalue weighted by Crippen LogP contribution is -2.42. The van der Waals surface area contributed by atoms with Gasteiger partial charge in [-0.15, -0.1) is 0 Å². The highest BCUT2D eigenvalue weighted by Gasteiger charge is 2.31. The summed E-state index contributed by atoms with van der Waals surface area (Å²) in [4.78, 5) is 27.6. The third-order valence-electron chi connectivity index (χ3n) is 4.53. The molecule has 128 valence electrons. The molecule has 0 fully saturated rings. The molecule has 0 bridgehead atoms. The molecule has 4 heterocycles. The van der Waals surface area contributed by atoms with Crippen LogP contribution in [0.3, 0.4) is 0 Å². The van der Waals surface area contributed by atoms with E-state index in [0.717, 1.165) is 17.2 Å². The lowest BCUT2D eigenvalue weighted by molar-refractivity contribution is 0.0629. The molecule has 0 radical (unpaired) electrons. The first-order chi connectivity index (χ1) is 12.1. The molecule has 8 nitrogen and oxygen atoms in total. The van der Waals surface area contributed by atoms with Crippen LogP contribution in [0.5, 0.6) is 0 Å². The average Bonchev–Trinajstić information content (AvgIpc) is 3.26. The normalized spacial score (nSPS) is 16.7. The van der Waals surface area contributed by atoms with E-state index in [-0.39, 0.29) is 11.9 Å². The molecule has 8 heteroatoms. The summed E-state index contributed by atoms with van der Waals surface area (Å²) in [5, 5.41) is 4.14. The molecule has 1 aliphatic rings. The number of hydrogen-bond donors (Lipinski definition) is 0. The average molecular weight is 337 g/mol. The maximum Gasteiger partial charge on any atom is 0.273 e. The summed E-state index contributed by atoms with van der Waals surface area (Å²) in [6.07, 6.45) is 5.06. The molecule has 3 aromatic rings. The van der Waals surface area contributed by atoms with E-state index in [1.807, 2.05) is 37.1 Å². The second-order valence-corrected chi connectivity index (χ2v) is 6.19. The first kappa shape index (κ1) is 15.5. The summed E-state index contributed by atoms with van der Waals surface area (Å²) in [5.41, 5.74) is 2.38. The molecule has 0 unspecified atom stereocenters. The predicted molar refractivity (Wildman–Crippen MR) is 89.8 cm³/mol. The van der Waals surface area contributed by atoms with Crippen LogP contribution in [-0.2, 0) is 13.1 Å². The van der Waals surface area contributed by atoms with Gasteiger partial charge in [0.2, 0.25) is 0 Å². The second-order valence-electron chi connectivity index (χ2n) is 6.19. The Morgan fingerprint density at radius 2 is 2.20 bits per heavy atom. The van der Waals surface area contributed by atoms with Crippen LogP contribution in [-0.4, -0.2) is 46.7 Å². The van der Waals surface area contributed by atoms with Gasteiger partial charge >= 0.3 is 0 Å². The van der Waals surface area contributed by atoms with Crippen LogP contribution in [0.25, 0.3) is 0 Å². The van der Waals surface area contributed by atoms with E-state index in [2.05, 4.69) is 24.6 Å². The standard InChI is InChI=1S/C17H19N7O/c1-12-4-3-5-15(21-12)17(25)23-6-7-24-14(8-19-16(24)13(23)2)9-22-11-18-10-20-22/h3-5,8,10-11,13H,6-7,9H2,1-2H3/t13-/m1/s1. The predicted octanol–water partition coefficient (Wildman–Crippen LogP) is 1.44. The van der Waals surface area contributed by atoms with Gasteiger partial charge in [-0.2, -0.15) is 5.10 Å². The maximum atomic E-state index is 12.8. The lowest BCUT2D eigenvalue weighted by Gasteiger charge is -2.34. The highest BCUT2D eigenvalue weighted by Crippen LogP contribution is 2.26. The van der Waals surface area contributed by atoms with E-state index >= 15 is 0 Å². The number of rotatable bonds is 3. The van der Waals surface area contributed by atoms with Crippen LogP contribution in [0.1, 0.15) is 40.7 Å². The second kappa shape index (κ2) is 6.12. The molecule has 1 aliphatic heterocycles. The van der Waals surface area contributed by atoms with Gasteiger partial charge in [-0.1, -0.05) is 6.07 Å². The van der Waals surface area contributed by atoms with Crippen molar-refractivity contribution in [2.24, 2.45) is 0 Å². The Balaban J connectivity index is 1.58. The minimum atomic E-state index is -0.104. The smallest absolute Gasteiger partial charge is 0.273 e. The molecular formula is C17H19N7O. The number of carbonyl (C=O) groups is 1. The SMILES string of the molecule is Cc1cccc(C(=O)N2CCn3c(Cn4cncn4)cnc3[C@H]2C)n1. The summed E-state index contributed by atoms with van der Waals surface area (Å²) in [6, 6.07) is 5.41.